The van der Waals surface area contributed by atoms with Crippen LogP contribution in [0.15, 0.2) is 152 Å². The highest BCUT2D eigenvalue weighted by Crippen LogP contribution is 2.42. The van der Waals surface area contributed by atoms with Crippen LogP contribution in [0.5, 0.6) is 0 Å². The lowest BCUT2D eigenvalue weighted by molar-refractivity contribution is 0.102. The van der Waals surface area contributed by atoms with Crippen LogP contribution >= 0.6 is 0 Å². The molecule has 0 aliphatic rings. The Morgan fingerprint density at radius 1 is 0.615 bits per heavy atom. The summed E-state index contributed by atoms with van der Waals surface area (Å²) in [7, 11) is 0. The summed E-state index contributed by atoms with van der Waals surface area (Å²) in [6.07, 6.45) is 3.48. The first-order valence-corrected chi connectivity index (χ1v) is 13.1. The standard InChI is InChI=1S/C36H28N2O/c1-27-32(28-15-6-2-7-16-28)23-14-24-33(27)35(39)34-25-37-26-38(34)36(29-17-8-3-9-18-29,30-19-10-4-11-20-30)31-21-12-5-13-22-31/h2-26H,1H3. The van der Waals surface area contributed by atoms with E-state index < -0.39 is 5.54 Å². The third-order valence-electron chi connectivity index (χ3n) is 7.47. The van der Waals surface area contributed by atoms with Crippen molar-refractivity contribution in [2.24, 2.45) is 0 Å². The lowest BCUT2D eigenvalue weighted by Gasteiger charge is -2.38. The van der Waals surface area contributed by atoms with Crippen LogP contribution in [0.3, 0.4) is 0 Å². The highest BCUT2D eigenvalue weighted by molar-refractivity contribution is 6.09. The van der Waals surface area contributed by atoms with Crippen molar-refractivity contribution in [3.05, 3.63) is 186 Å². The van der Waals surface area contributed by atoms with Crippen molar-refractivity contribution in [2.45, 2.75) is 12.5 Å². The highest BCUT2D eigenvalue weighted by Gasteiger charge is 2.40. The van der Waals surface area contributed by atoms with E-state index >= 15 is 0 Å². The van der Waals surface area contributed by atoms with E-state index in [1.165, 1.54) is 0 Å². The molecule has 0 N–H and O–H groups in total. The molecule has 0 amide bonds. The average molecular weight is 505 g/mol. The molecule has 1 heterocycles. The van der Waals surface area contributed by atoms with Crippen molar-refractivity contribution in [1.82, 2.24) is 9.55 Å². The molecule has 0 atom stereocenters. The quantitative estimate of drug-likeness (QED) is 0.163. The normalized spacial score (nSPS) is 11.3. The van der Waals surface area contributed by atoms with Crippen molar-refractivity contribution in [1.29, 1.82) is 0 Å². The monoisotopic (exact) mass is 504 g/mol. The molecule has 0 fully saturated rings. The summed E-state index contributed by atoms with van der Waals surface area (Å²) in [6, 6.07) is 47.2. The molecule has 0 aliphatic heterocycles. The van der Waals surface area contributed by atoms with E-state index in [1.54, 1.807) is 12.5 Å². The maximum Gasteiger partial charge on any atom is 0.211 e. The first kappa shape index (κ1) is 24.3. The molecule has 0 spiro atoms. The summed E-state index contributed by atoms with van der Waals surface area (Å²) in [5.74, 6) is -0.0602. The van der Waals surface area contributed by atoms with Crippen molar-refractivity contribution in [3.63, 3.8) is 0 Å². The number of carbonyl (C=O) groups excluding carboxylic acids is 1. The van der Waals surface area contributed by atoms with Crippen LogP contribution in [0.4, 0.5) is 0 Å². The van der Waals surface area contributed by atoms with Gasteiger partial charge >= 0.3 is 0 Å². The van der Waals surface area contributed by atoms with Crippen molar-refractivity contribution in [3.8, 4) is 11.1 Å². The maximum absolute atomic E-state index is 14.4. The van der Waals surface area contributed by atoms with E-state index in [-0.39, 0.29) is 5.78 Å². The molecule has 5 aromatic carbocycles. The van der Waals surface area contributed by atoms with Crippen LogP contribution in [0.25, 0.3) is 11.1 Å². The van der Waals surface area contributed by atoms with Gasteiger partial charge in [0.05, 0.1) is 12.5 Å². The van der Waals surface area contributed by atoms with Gasteiger partial charge < -0.3 is 4.57 Å². The highest BCUT2D eigenvalue weighted by atomic mass is 16.1. The third-order valence-corrected chi connectivity index (χ3v) is 7.47. The molecule has 3 nitrogen and oxygen atoms in total. The lowest BCUT2D eigenvalue weighted by Crippen LogP contribution is -2.39. The number of carbonyl (C=O) groups is 1. The molecule has 0 radical (unpaired) electrons. The predicted octanol–water partition coefficient (Wildman–Crippen LogP) is 7.93. The number of aromatic nitrogens is 2. The molecular formula is C36H28N2O. The second-order valence-corrected chi connectivity index (χ2v) is 9.63. The summed E-state index contributed by atoms with van der Waals surface area (Å²) >= 11 is 0. The molecule has 0 unspecified atom stereocenters. The maximum atomic E-state index is 14.4. The van der Waals surface area contributed by atoms with E-state index in [0.717, 1.165) is 33.4 Å². The molecule has 6 rings (SSSR count). The Hall–Kier alpha value is -5.02. The fourth-order valence-corrected chi connectivity index (χ4v) is 5.64. The van der Waals surface area contributed by atoms with E-state index in [1.807, 2.05) is 96.4 Å². The largest absolute Gasteiger partial charge is 0.309 e. The molecule has 188 valence electrons. The number of imidazole rings is 1. The van der Waals surface area contributed by atoms with Gasteiger partial charge in [-0.05, 0) is 40.3 Å². The number of hydrogen-bond acceptors (Lipinski definition) is 2. The van der Waals surface area contributed by atoms with Crippen molar-refractivity contribution >= 4 is 5.78 Å². The van der Waals surface area contributed by atoms with Crippen molar-refractivity contribution in [2.75, 3.05) is 0 Å². The second-order valence-electron chi connectivity index (χ2n) is 9.63. The van der Waals surface area contributed by atoms with Gasteiger partial charge in [-0.3, -0.25) is 4.79 Å². The zero-order valence-corrected chi connectivity index (χ0v) is 21.7. The summed E-state index contributed by atoms with van der Waals surface area (Å²) in [6.45, 7) is 2.02. The molecule has 1 aromatic heterocycles. The Kier molecular flexibility index (Phi) is 6.48. The van der Waals surface area contributed by atoms with Gasteiger partial charge in [-0.25, -0.2) is 4.98 Å². The summed E-state index contributed by atoms with van der Waals surface area (Å²) < 4.78 is 2.05. The third kappa shape index (κ3) is 4.18. The fraction of sp³-hybridized carbons (Fsp3) is 0.0556. The number of nitrogens with zero attached hydrogens (tertiary/aromatic N) is 2. The summed E-state index contributed by atoms with van der Waals surface area (Å²) in [4.78, 5) is 19.0. The van der Waals surface area contributed by atoms with Gasteiger partial charge in [0.1, 0.15) is 11.2 Å². The smallest absolute Gasteiger partial charge is 0.211 e. The van der Waals surface area contributed by atoms with E-state index in [4.69, 9.17) is 0 Å². The van der Waals surface area contributed by atoms with Gasteiger partial charge in [0.2, 0.25) is 5.78 Å². The molecule has 39 heavy (non-hydrogen) atoms. The zero-order valence-electron chi connectivity index (χ0n) is 21.7. The minimum Gasteiger partial charge on any atom is -0.309 e. The molecule has 0 aliphatic carbocycles. The summed E-state index contributed by atoms with van der Waals surface area (Å²) in [5, 5.41) is 0. The Morgan fingerprint density at radius 3 is 1.62 bits per heavy atom. The Balaban J connectivity index is 1.60. The first-order chi connectivity index (χ1) is 19.2. The van der Waals surface area contributed by atoms with Gasteiger partial charge in [0.15, 0.2) is 0 Å². The van der Waals surface area contributed by atoms with E-state index in [2.05, 4.69) is 59.6 Å². The number of rotatable bonds is 7. The average Bonchev–Trinajstić information content (AvgIpc) is 3.50. The zero-order chi connectivity index (χ0) is 26.7. The molecule has 6 aromatic rings. The summed E-state index contributed by atoms with van der Waals surface area (Å²) in [5.41, 5.74) is 6.61. The van der Waals surface area contributed by atoms with Crippen LogP contribution in [0.1, 0.15) is 38.3 Å². The van der Waals surface area contributed by atoms with E-state index in [0.29, 0.717) is 11.3 Å². The fourth-order valence-electron chi connectivity index (χ4n) is 5.64. The molecule has 3 heteroatoms. The van der Waals surface area contributed by atoms with Crippen LogP contribution in [0, 0.1) is 6.92 Å². The van der Waals surface area contributed by atoms with Crippen LogP contribution in [-0.2, 0) is 5.54 Å². The lowest BCUT2D eigenvalue weighted by atomic mass is 9.76. The Labute approximate surface area is 229 Å². The van der Waals surface area contributed by atoms with Gasteiger partial charge in [-0.1, -0.05) is 140 Å². The van der Waals surface area contributed by atoms with Crippen LogP contribution < -0.4 is 0 Å². The second kappa shape index (κ2) is 10.4. The van der Waals surface area contributed by atoms with Crippen molar-refractivity contribution < 1.29 is 4.79 Å². The van der Waals surface area contributed by atoms with Crippen LogP contribution in [0.2, 0.25) is 0 Å². The molecule has 0 saturated carbocycles. The Morgan fingerprint density at radius 2 is 1.10 bits per heavy atom. The van der Waals surface area contributed by atoms with Gasteiger partial charge in [-0.15, -0.1) is 0 Å². The van der Waals surface area contributed by atoms with E-state index in [9.17, 15) is 4.79 Å². The first-order valence-electron chi connectivity index (χ1n) is 13.1. The number of benzene rings is 5. The molecular weight excluding hydrogens is 476 g/mol. The van der Waals surface area contributed by atoms with Gasteiger partial charge in [-0.2, -0.15) is 0 Å². The van der Waals surface area contributed by atoms with Gasteiger partial charge in [0.25, 0.3) is 0 Å². The SMILES string of the molecule is Cc1c(C(=O)c2cncn2C(c2ccccc2)(c2ccccc2)c2ccccc2)cccc1-c1ccccc1. The predicted molar refractivity (Wildman–Crippen MR) is 157 cm³/mol. The Bertz CT molecular complexity index is 1610. The number of hydrogen-bond donors (Lipinski definition) is 0. The van der Waals surface area contributed by atoms with Crippen LogP contribution in [-0.4, -0.2) is 15.3 Å². The molecule has 0 bridgehead atoms. The molecule has 0 saturated heterocycles. The minimum atomic E-state index is -0.809. The van der Waals surface area contributed by atoms with Gasteiger partial charge in [0, 0.05) is 5.56 Å². The topological polar surface area (TPSA) is 34.9 Å². The minimum absolute atomic E-state index is 0.0602. The number of ketones is 1.